The van der Waals surface area contributed by atoms with Crippen molar-refractivity contribution in [1.82, 2.24) is 9.38 Å². The van der Waals surface area contributed by atoms with E-state index >= 15 is 0 Å². The van der Waals surface area contributed by atoms with Crippen LogP contribution in [-0.2, 0) is 0 Å². The molecule has 0 fully saturated rings. The van der Waals surface area contributed by atoms with E-state index in [0.29, 0.717) is 10.9 Å². The molecule has 2 rings (SSSR count). The number of fused-ring (bicyclic) bond motifs is 1. The molecule has 0 aromatic carbocycles. The summed E-state index contributed by atoms with van der Waals surface area (Å²) in [6, 6.07) is -0.233. The van der Waals surface area contributed by atoms with Crippen molar-refractivity contribution in [2.24, 2.45) is 5.92 Å². The Labute approximate surface area is 114 Å². The van der Waals surface area contributed by atoms with Crippen molar-refractivity contribution >= 4 is 27.9 Å². The molecule has 2 aromatic heterocycles. The molecule has 104 valence electrons. The Morgan fingerprint density at radius 3 is 2.95 bits per heavy atom. The molecule has 0 saturated carbocycles. The molecule has 0 spiro atoms. The first kappa shape index (κ1) is 13.8. The van der Waals surface area contributed by atoms with Gasteiger partial charge in [0.2, 0.25) is 5.82 Å². The number of nitrogens with one attached hydrogen (secondary N) is 1. The van der Waals surface area contributed by atoms with Crippen LogP contribution in [0.4, 0.5) is 11.6 Å². The van der Waals surface area contributed by atoms with E-state index in [4.69, 9.17) is 0 Å². The lowest BCUT2D eigenvalue weighted by Crippen LogP contribution is -2.26. The third-order valence-corrected chi connectivity index (χ3v) is 3.48. The largest absolute Gasteiger partial charge is 0.394 e. The number of aliphatic hydroxyl groups excluding tert-OH is 1. The molecule has 0 aliphatic rings. The lowest BCUT2D eigenvalue weighted by Gasteiger charge is -2.17. The average molecular weight is 284 g/mol. The van der Waals surface area contributed by atoms with E-state index in [2.05, 4.69) is 10.3 Å². The molecule has 2 N–H and O–H groups in total. The number of nitrogens with zero attached hydrogens (tertiary/aromatic N) is 3. The highest BCUT2D eigenvalue weighted by Crippen LogP contribution is 2.29. The molecule has 2 aromatic rings. The predicted molar refractivity (Wildman–Crippen MR) is 73.7 cm³/mol. The zero-order valence-electron chi connectivity index (χ0n) is 10.7. The van der Waals surface area contributed by atoms with E-state index < -0.39 is 4.92 Å². The van der Waals surface area contributed by atoms with E-state index in [9.17, 15) is 15.2 Å². The number of aliphatic hydroxyl groups is 1. The predicted octanol–water partition coefficient (Wildman–Crippen LogP) is 2.12. The van der Waals surface area contributed by atoms with Gasteiger partial charge in [0.25, 0.3) is 4.96 Å². The first-order chi connectivity index (χ1) is 9.02. The number of hydrogen-bond donors (Lipinski definition) is 2. The maximum absolute atomic E-state index is 11.1. The van der Waals surface area contributed by atoms with E-state index in [1.54, 1.807) is 11.6 Å². The van der Waals surface area contributed by atoms with Crippen LogP contribution < -0.4 is 5.32 Å². The quantitative estimate of drug-likeness (QED) is 0.626. The molecule has 2 heterocycles. The number of nitro groups is 1. The number of aromatic nitrogens is 2. The summed E-state index contributed by atoms with van der Waals surface area (Å²) in [5, 5.41) is 25.2. The molecule has 1 atom stereocenters. The van der Waals surface area contributed by atoms with Crippen molar-refractivity contribution < 1.29 is 10.0 Å². The van der Waals surface area contributed by atoms with Crippen LogP contribution >= 0.6 is 11.3 Å². The van der Waals surface area contributed by atoms with Crippen molar-refractivity contribution in [1.29, 1.82) is 0 Å². The Hall–Kier alpha value is -1.67. The first-order valence-electron chi connectivity index (χ1n) is 6.00. The molecule has 0 aliphatic heterocycles. The van der Waals surface area contributed by atoms with E-state index in [-0.39, 0.29) is 24.3 Å². The third kappa shape index (κ3) is 2.85. The molecule has 0 bridgehead atoms. The van der Waals surface area contributed by atoms with Gasteiger partial charge in [-0.15, -0.1) is 0 Å². The second-order valence-electron chi connectivity index (χ2n) is 4.75. The molecular weight excluding hydrogens is 268 g/mol. The highest BCUT2D eigenvalue weighted by Gasteiger charge is 2.25. The van der Waals surface area contributed by atoms with Crippen LogP contribution in [0.3, 0.4) is 0 Å². The van der Waals surface area contributed by atoms with Gasteiger partial charge in [0, 0.05) is 5.38 Å². The second-order valence-corrected chi connectivity index (χ2v) is 5.62. The minimum Gasteiger partial charge on any atom is -0.394 e. The number of imidazole rings is 1. The van der Waals surface area contributed by atoms with Crippen LogP contribution in [0.15, 0.2) is 11.6 Å². The third-order valence-electron chi connectivity index (χ3n) is 2.73. The van der Waals surface area contributed by atoms with Crippen molar-refractivity contribution in [2.45, 2.75) is 26.3 Å². The van der Waals surface area contributed by atoms with Crippen LogP contribution in [0.5, 0.6) is 0 Å². The summed E-state index contributed by atoms with van der Waals surface area (Å²) in [6.07, 6.45) is 2.34. The van der Waals surface area contributed by atoms with Crippen molar-refractivity contribution in [3.63, 3.8) is 0 Å². The summed E-state index contributed by atoms with van der Waals surface area (Å²) in [6.45, 7) is 3.98. The van der Waals surface area contributed by atoms with Crippen LogP contribution in [0.2, 0.25) is 0 Å². The number of thiazole rings is 1. The van der Waals surface area contributed by atoms with Gasteiger partial charge in [-0.05, 0) is 17.3 Å². The fourth-order valence-electron chi connectivity index (χ4n) is 1.99. The summed E-state index contributed by atoms with van der Waals surface area (Å²) in [5.74, 6) is 0.516. The lowest BCUT2D eigenvalue weighted by atomic mass is 10.0. The maximum Gasteiger partial charge on any atom is 0.372 e. The van der Waals surface area contributed by atoms with E-state index in [1.807, 2.05) is 13.8 Å². The van der Waals surface area contributed by atoms with Crippen molar-refractivity contribution in [3.05, 3.63) is 21.7 Å². The molecule has 0 unspecified atom stereocenters. The van der Waals surface area contributed by atoms with Crippen molar-refractivity contribution in [2.75, 3.05) is 11.9 Å². The van der Waals surface area contributed by atoms with Gasteiger partial charge in [-0.2, -0.15) is 9.38 Å². The fraction of sp³-hybridized carbons (Fsp3) is 0.545. The van der Waals surface area contributed by atoms with Gasteiger partial charge in [-0.3, -0.25) is 0 Å². The zero-order valence-corrected chi connectivity index (χ0v) is 11.6. The molecule has 19 heavy (non-hydrogen) atoms. The van der Waals surface area contributed by atoms with E-state index in [0.717, 1.165) is 6.42 Å². The first-order valence-corrected chi connectivity index (χ1v) is 6.88. The summed E-state index contributed by atoms with van der Waals surface area (Å²) < 4.78 is 1.44. The topological polar surface area (TPSA) is 92.7 Å². The van der Waals surface area contributed by atoms with Gasteiger partial charge in [-0.25, -0.2) is 0 Å². The van der Waals surface area contributed by atoms with E-state index in [1.165, 1.54) is 15.7 Å². The van der Waals surface area contributed by atoms with Crippen LogP contribution in [0.1, 0.15) is 20.3 Å². The number of rotatable bonds is 6. The fourth-order valence-corrected chi connectivity index (χ4v) is 2.70. The van der Waals surface area contributed by atoms with Gasteiger partial charge in [0.05, 0.1) is 12.6 Å². The Kier molecular flexibility index (Phi) is 4.01. The maximum atomic E-state index is 11.1. The highest BCUT2D eigenvalue weighted by molar-refractivity contribution is 7.15. The lowest BCUT2D eigenvalue weighted by molar-refractivity contribution is -0.389. The normalized spacial score (nSPS) is 13.1. The molecule has 0 aliphatic carbocycles. The zero-order chi connectivity index (χ0) is 14.0. The Bertz CT molecular complexity index is 578. The number of anilines is 1. The Morgan fingerprint density at radius 1 is 1.63 bits per heavy atom. The minimum absolute atomic E-state index is 0.0828. The SMILES string of the molecule is CC(C)C[C@@H](CO)Nc1nc2sccn2c1[N+](=O)[O-]. The van der Waals surface area contributed by atoms with Gasteiger partial charge >= 0.3 is 5.82 Å². The Morgan fingerprint density at radius 2 is 2.37 bits per heavy atom. The standard InChI is InChI=1S/C11H16N4O3S/c1-7(2)5-8(6-16)12-9-10(15(17)18)14-3-4-19-11(14)13-9/h3-4,7-8,12,16H,5-6H2,1-2H3/t8-/m0/s1. The van der Waals surface area contributed by atoms with Crippen LogP contribution in [0, 0.1) is 16.0 Å². The molecular formula is C11H16N4O3S. The molecule has 0 radical (unpaired) electrons. The number of hydrogen-bond acceptors (Lipinski definition) is 6. The van der Waals surface area contributed by atoms with Crippen LogP contribution in [0.25, 0.3) is 4.96 Å². The smallest absolute Gasteiger partial charge is 0.372 e. The van der Waals surface area contributed by atoms with Gasteiger partial charge in [-0.1, -0.05) is 25.2 Å². The summed E-state index contributed by atoms with van der Waals surface area (Å²) in [4.78, 5) is 15.4. The second kappa shape index (κ2) is 5.54. The highest BCUT2D eigenvalue weighted by atomic mass is 32.1. The van der Waals surface area contributed by atoms with Gasteiger partial charge in [0.15, 0.2) is 0 Å². The molecule has 8 heteroatoms. The summed E-state index contributed by atoms with van der Waals surface area (Å²) in [7, 11) is 0. The van der Waals surface area contributed by atoms with Crippen molar-refractivity contribution in [3.8, 4) is 0 Å². The summed E-state index contributed by atoms with van der Waals surface area (Å²) >= 11 is 1.33. The molecule has 7 nitrogen and oxygen atoms in total. The Balaban J connectivity index is 2.30. The monoisotopic (exact) mass is 284 g/mol. The average Bonchev–Trinajstić information content (AvgIpc) is 2.86. The minimum atomic E-state index is -0.459. The molecule has 0 saturated heterocycles. The van der Waals surface area contributed by atoms with Crippen LogP contribution in [-0.4, -0.2) is 32.1 Å². The van der Waals surface area contributed by atoms with Gasteiger partial charge in [0.1, 0.15) is 6.20 Å². The molecule has 0 amide bonds. The summed E-state index contributed by atoms with van der Waals surface area (Å²) in [5.41, 5.74) is 0. The van der Waals surface area contributed by atoms with Gasteiger partial charge < -0.3 is 20.5 Å².